The van der Waals surface area contributed by atoms with Gasteiger partial charge in [-0.05, 0) is 60.7 Å². The second-order valence-electron chi connectivity index (χ2n) is 5.37. The van der Waals surface area contributed by atoms with Gasteiger partial charge >= 0.3 is 0 Å². The van der Waals surface area contributed by atoms with Crippen molar-refractivity contribution in [3.63, 3.8) is 0 Å². The fourth-order valence-corrected chi connectivity index (χ4v) is 3.10. The first-order valence-corrected chi connectivity index (χ1v) is 7.31. The molecule has 0 fully saturated rings. The molecule has 2 aromatic rings. The molecule has 2 atom stereocenters. The smallest absolute Gasteiger partial charge is 0.123 e. The summed E-state index contributed by atoms with van der Waals surface area (Å²) in [5.74, 6) is -0.193. The molecule has 1 aliphatic carbocycles. The average molecular weight is 290 g/mol. The van der Waals surface area contributed by atoms with Gasteiger partial charge < -0.3 is 5.32 Å². The number of hydrogen-bond donors (Lipinski definition) is 1. The number of halogens is 2. The molecule has 1 N–H and O–H groups in total. The highest BCUT2D eigenvalue weighted by molar-refractivity contribution is 6.30. The van der Waals surface area contributed by atoms with Crippen molar-refractivity contribution in [3.05, 3.63) is 70.0 Å². The van der Waals surface area contributed by atoms with Crippen LogP contribution < -0.4 is 5.32 Å². The van der Waals surface area contributed by atoms with Gasteiger partial charge in [-0.3, -0.25) is 0 Å². The van der Waals surface area contributed by atoms with Crippen molar-refractivity contribution in [2.24, 2.45) is 0 Å². The van der Waals surface area contributed by atoms with E-state index in [2.05, 4.69) is 24.4 Å². The Morgan fingerprint density at radius 3 is 2.70 bits per heavy atom. The molecule has 0 saturated heterocycles. The lowest BCUT2D eigenvalue weighted by molar-refractivity contribution is 0.464. The van der Waals surface area contributed by atoms with E-state index in [1.54, 1.807) is 0 Å². The van der Waals surface area contributed by atoms with Crippen LogP contribution in [0.4, 0.5) is 4.39 Å². The number of nitrogens with one attached hydrogen (secondary N) is 1. The summed E-state index contributed by atoms with van der Waals surface area (Å²) in [6, 6.07) is 13.4. The molecule has 0 saturated carbocycles. The van der Waals surface area contributed by atoms with Crippen LogP contribution in [0.15, 0.2) is 42.5 Å². The van der Waals surface area contributed by atoms with Gasteiger partial charge in [-0.15, -0.1) is 0 Å². The highest BCUT2D eigenvalue weighted by Crippen LogP contribution is 2.34. The molecule has 3 heteroatoms. The molecule has 0 amide bonds. The Morgan fingerprint density at radius 2 is 1.95 bits per heavy atom. The topological polar surface area (TPSA) is 12.0 Å². The van der Waals surface area contributed by atoms with E-state index in [0.717, 1.165) is 23.4 Å². The number of fused-ring (bicyclic) bond motifs is 1. The third kappa shape index (κ3) is 2.72. The molecule has 3 rings (SSSR count). The van der Waals surface area contributed by atoms with Crippen LogP contribution in [0.3, 0.4) is 0 Å². The maximum Gasteiger partial charge on any atom is 0.123 e. The van der Waals surface area contributed by atoms with Crippen molar-refractivity contribution in [3.8, 4) is 0 Å². The Bertz CT molecular complexity index is 609. The molecular weight excluding hydrogens is 273 g/mol. The lowest BCUT2D eigenvalue weighted by Gasteiger charge is -2.21. The monoisotopic (exact) mass is 289 g/mol. The zero-order chi connectivity index (χ0) is 14.1. The first kappa shape index (κ1) is 13.6. The zero-order valence-electron chi connectivity index (χ0n) is 11.4. The molecule has 0 aliphatic heterocycles. The average Bonchev–Trinajstić information content (AvgIpc) is 2.81. The fraction of sp³-hybridized carbons (Fsp3) is 0.294. The maximum absolute atomic E-state index is 13.0. The first-order chi connectivity index (χ1) is 9.63. The minimum absolute atomic E-state index is 0.193. The number of benzene rings is 2. The van der Waals surface area contributed by atoms with Gasteiger partial charge in [-0.1, -0.05) is 29.8 Å². The van der Waals surface area contributed by atoms with Crippen molar-refractivity contribution in [1.82, 2.24) is 5.32 Å². The quantitative estimate of drug-likeness (QED) is 0.854. The van der Waals surface area contributed by atoms with Gasteiger partial charge in [0.25, 0.3) is 0 Å². The van der Waals surface area contributed by atoms with Gasteiger partial charge in [0.2, 0.25) is 0 Å². The minimum Gasteiger partial charge on any atom is -0.303 e. The van der Waals surface area contributed by atoms with Crippen LogP contribution in [0.2, 0.25) is 5.02 Å². The minimum atomic E-state index is -0.193. The van der Waals surface area contributed by atoms with Crippen molar-refractivity contribution in [2.45, 2.75) is 31.8 Å². The van der Waals surface area contributed by atoms with Crippen molar-refractivity contribution < 1.29 is 4.39 Å². The summed E-state index contributed by atoms with van der Waals surface area (Å²) in [5, 5.41) is 4.43. The van der Waals surface area contributed by atoms with E-state index in [9.17, 15) is 4.39 Å². The molecule has 0 radical (unpaired) electrons. The van der Waals surface area contributed by atoms with Gasteiger partial charge in [0, 0.05) is 17.1 Å². The zero-order valence-corrected chi connectivity index (χ0v) is 12.1. The maximum atomic E-state index is 13.0. The third-order valence-corrected chi connectivity index (χ3v) is 4.24. The Balaban J connectivity index is 1.75. The Labute approximate surface area is 123 Å². The number of rotatable bonds is 3. The van der Waals surface area contributed by atoms with E-state index in [-0.39, 0.29) is 11.9 Å². The standard InChI is InChI=1S/C17H17ClFN/c1-11(12-2-6-15(19)7-3-12)20-17-9-4-13-10-14(18)5-8-16(13)17/h2-3,5-8,10-11,17,20H,4,9H2,1H3/t11-,17?/m1/s1. The van der Waals surface area contributed by atoms with Crippen LogP contribution in [0.25, 0.3) is 0 Å². The van der Waals surface area contributed by atoms with Gasteiger partial charge in [0.05, 0.1) is 0 Å². The van der Waals surface area contributed by atoms with E-state index in [0.29, 0.717) is 6.04 Å². The molecule has 104 valence electrons. The Hall–Kier alpha value is -1.38. The second kappa shape index (κ2) is 5.55. The molecule has 1 unspecified atom stereocenters. The first-order valence-electron chi connectivity index (χ1n) is 6.93. The summed E-state index contributed by atoms with van der Waals surface area (Å²) < 4.78 is 13.0. The van der Waals surface area contributed by atoms with Gasteiger partial charge in [0.15, 0.2) is 0 Å². The summed E-state index contributed by atoms with van der Waals surface area (Å²) in [6.07, 6.45) is 2.14. The van der Waals surface area contributed by atoms with E-state index >= 15 is 0 Å². The molecule has 0 aromatic heterocycles. The molecular formula is C17H17ClFN. The summed E-state index contributed by atoms with van der Waals surface area (Å²) in [4.78, 5) is 0. The van der Waals surface area contributed by atoms with E-state index in [1.165, 1.54) is 23.3 Å². The fourth-order valence-electron chi connectivity index (χ4n) is 2.91. The van der Waals surface area contributed by atoms with Crippen LogP contribution in [0.1, 0.15) is 42.1 Å². The number of aryl methyl sites for hydroxylation is 1. The van der Waals surface area contributed by atoms with Gasteiger partial charge in [0.1, 0.15) is 5.82 Å². The molecule has 2 aromatic carbocycles. The highest BCUT2D eigenvalue weighted by atomic mass is 35.5. The molecule has 20 heavy (non-hydrogen) atoms. The van der Waals surface area contributed by atoms with Crippen LogP contribution in [-0.4, -0.2) is 0 Å². The van der Waals surface area contributed by atoms with Crippen molar-refractivity contribution >= 4 is 11.6 Å². The molecule has 1 nitrogen and oxygen atoms in total. The highest BCUT2D eigenvalue weighted by Gasteiger charge is 2.23. The Kier molecular flexibility index (Phi) is 3.77. The summed E-state index contributed by atoms with van der Waals surface area (Å²) in [7, 11) is 0. The molecule has 1 aliphatic rings. The molecule has 0 bridgehead atoms. The summed E-state index contributed by atoms with van der Waals surface area (Å²) in [6.45, 7) is 2.11. The largest absolute Gasteiger partial charge is 0.303 e. The third-order valence-electron chi connectivity index (χ3n) is 4.00. The van der Waals surface area contributed by atoms with Crippen LogP contribution in [0, 0.1) is 5.82 Å². The van der Waals surface area contributed by atoms with Gasteiger partial charge in [-0.2, -0.15) is 0 Å². The van der Waals surface area contributed by atoms with Crippen molar-refractivity contribution in [1.29, 1.82) is 0 Å². The predicted molar refractivity (Wildman–Crippen MR) is 80.5 cm³/mol. The van der Waals surface area contributed by atoms with E-state index in [1.807, 2.05) is 18.2 Å². The second-order valence-corrected chi connectivity index (χ2v) is 5.81. The normalized spacial score (nSPS) is 18.9. The molecule has 0 spiro atoms. The summed E-state index contributed by atoms with van der Waals surface area (Å²) >= 11 is 6.03. The van der Waals surface area contributed by atoms with Gasteiger partial charge in [-0.25, -0.2) is 4.39 Å². The van der Waals surface area contributed by atoms with E-state index < -0.39 is 0 Å². The SMILES string of the molecule is C[C@@H](NC1CCc2cc(Cl)ccc21)c1ccc(F)cc1. The lowest BCUT2D eigenvalue weighted by atomic mass is 10.0. The summed E-state index contributed by atoms with van der Waals surface area (Å²) in [5.41, 5.74) is 3.78. The van der Waals surface area contributed by atoms with E-state index in [4.69, 9.17) is 11.6 Å². The number of hydrogen-bond acceptors (Lipinski definition) is 1. The Morgan fingerprint density at radius 1 is 1.20 bits per heavy atom. The lowest BCUT2D eigenvalue weighted by Crippen LogP contribution is -2.23. The van der Waals surface area contributed by atoms with Crippen molar-refractivity contribution in [2.75, 3.05) is 0 Å². The van der Waals surface area contributed by atoms with Crippen LogP contribution >= 0.6 is 11.6 Å². The van der Waals surface area contributed by atoms with Crippen LogP contribution in [0.5, 0.6) is 0 Å². The predicted octanol–water partition coefficient (Wildman–Crippen LogP) is 4.82. The molecule has 0 heterocycles. The van der Waals surface area contributed by atoms with Crippen LogP contribution in [-0.2, 0) is 6.42 Å².